The van der Waals surface area contributed by atoms with Gasteiger partial charge in [0.15, 0.2) is 11.5 Å². The molecule has 0 unspecified atom stereocenters. The summed E-state index contributed by atoms with van der Waals surface area (Å²) < 4.78 is 2.01. The maximum Gasteiger partial charge on any atom is 0.180 e. The number of aromatic nitrogens is 5. The third-order valence-electron chi connectivity index (χ3n) is 4.03. The first kappa shape index (κ1) is 16.2. The van der Waals surface area contributed by atoms with E-state index in [2.05, 4.69) is 46.2 Å². The fraction of sp³-hybridized carbons (Fsp3) is 0.200. The first-order chi connectivity index (χ1) is 12.7. The van der Waals surface area contributed by atoms with E-state index in [1.807, 2.05) is 41.1 Å². The van der Waals surface area contributed by atoms with Gasteiger partial charge < -0.3 is 5.32 Å². The highest BCUT2D eigenvalue weighted by Crippen LogP contribution is 2.22. The molecule has 1 aromatic carbocycles. The van der Waals surface area contributed by atoms with Crippen molar-refractivity contribution in [2.75, 3.05) is 5.32 Å². The van der Waals surface area contributed by atoms with Crippen LogP contribution >= 0.6 is 0 Å². The average Bonchev–Trinajstić information content (AvgIpc) is 3.08. The van der Waals surface area contributed by atoms with E-state index < -0.39 is 0 Å². The van der Waals surface area contributed by atoms with Crippen molar-refractivity contribution in [1.29, 1.82) is 0 Å². The standard InChI is InChI=1S/C20H20N6/c1-14(2)24-19-20-23-13-17(26(20)11-10-22-19)16-8-9-21-18(25-16)12-15-6-4-3-5-7-15/h3-11,13-14H,12H2,1-2H3,(H,22,24). The lowest BCUT2D eigenvalue weighted by molar-refractivity contribution is 0.886. The predicted molar refractivity (Wildman–Crippen MR) is 102 cm³/mol. The molecule has 4 rings (SSSR count). The van der Waals surface area contributed by atoms with E-state index in [0.717, 1.165) is 28.7 Å². The molecule has 0 atom stereocenters. The lowest BCUT2D eigenvalue weighted by Gasteiger charge is -2.10. The Kier molecular flexibility index (Phi) is 4.31. The Bertz CT molecular complexity index is 1020. The molecule has 0 spiro atoms. The molecule has 130 valence electrons. The number of imidazole rings is 1. The van der Waals surface area contributed by atoms with Gasteiger partial charge in [-0.2, -0.15) is 0 Å². The van der Waals surface area contributed by atoms with Gasteiger partial charge in [0.1, 0.15) is 5.82 Å². The molecular weight excluding hydrogens is 324 g/mol. The van der Waals surface area contributed by atoms with Crippen LogP contribution in [0, 0.1) is 0 Å². The molecule has 0 aliphatic heterocycles. The zero-order chi connectivity index (χ0) is 17.9. The van der Waals surface area contributed by atoms with E-state index in [1.165, 1.54) is 5.56 Å². The van der Waals surface area contributed by atoms with Crippen molar-refractivity contribution >= 4 is 11.5 Å². The first-order valence-corrected chi connectivity index (χ1v) is 8.65. The number of anilines is 1. The molecule has 3 heterocycles. The Balaban J connectivity index is 1.71. The van der Waals surface area contributed by atoms with Crippen LogP contribution in [0.3, 0.4) is 0 Å². The van der Waals surface area contributed by atoms with Gasteiger partial charge in [0, 0.05) is 31.1 Å². The Hall–Kier alpha value is -3.28. The van der Waals surface area contributed by atoms with Crippen molar-refractivity contribution in [3.05, 3.63) is 72.6 Å². The summed E-state index contributed by atoms with van der Waals surface area (Å²) in [6.45, 7) is 4.16. The van der Waals surface area contributed by atoms with E-state index in [1.54, 1.807) is 12.4 Å². The zero-order valence-corrected chi connectivity index (χ0v) is 14.8. The van der Waals surface area contributed by atoms with Gasteiger partial charge in [-0.3, -0.25) is 4.40 Å². The van der Waals surface area contributed by atoms with Crippen LogP contribution in [0.25, 0.3) is 17.0 Å². The van der Waals surface area contributed by atoms with Gasteiger partial charge in [-0.25, -0.2) is 19.9 Å². The molecule has 0 fully saturated rings. The second-order valence-corrected chi connectivity index (χ2v) is 6.43. The molecule has 0 aliphatic rings. The van der Waals surface area contributed by atoms with Crippen molar-refractivity contribution in [3.8, 4) is 11.4 Å². The highest BCUT2D eigenvalue weighted by molar-refractivity contribution is 5.69. The van der Waals surface area contributed by atoms with Crippen LogP contribution in [-0.2, 0) is 6.42 Å². The van der Waals surface area contributed by atoms with Gasteiger partial charge >= 0.3 is 0 Å². The Labute approximate surface area is 152 Å². The molecule has 0 bridgehead atoms. The fourth-order valence-corrected chi connectivity index (χ4v) is 2.89. The number of nitrogens with one attached hydrogen (secondary N) is 1. The maximum absolute atomic E-state index is 4.74. The summed E-state index contributed by atoms with van der Waals surface area (Å²) in [7, 11) is 0. The summed E-state index contributed by atoms with van der Waals surface area (Å²) in [6.07, 6.45) is 8.01. The van der Waals surface area contributed by atoms with E-state index >= 15 is 0 Å². The largest absolute Gasteiger partial charge is 0.365 e. The third-order valence-corrected chi connectivity index (χ3v) is 4.03. The molecule has 26 heavy (non-hydrogen) atoms. The smallest absolute Gasteiger partial charge is 0.180 e. The first-order valence-electron chi connectivity index (χ1n) is 8.65. The van der Waals surface area contributed by atoms with E-state index in [4.69, 9.17) is 4.98 Å². The normalized spacial score (nSPS) is 11.2. The molecule has 0 amide bonds. The van der Waals surface area contributed by atoms with Crippen LogP contribution in [-0.4, -0.2) is 30.4 Å². The molecule has 3 aromatic heterocycles. The van der Waals surface area contributed by atoms with Crippen molar-refractivity contribution in [2.24, 2.45) is 0 Å². The van der Waals surface area contributed by atoms with E-state index in [-0.39, 0.29) is 6.04 Å². The van der Waals surface area contributed by atoms with Crippen LogP contribution in [0.2, 0.25) is 0 Å². The van der Waals surface area contributed by atoms with Gasteiger partial charge in [-0.15, -0.1) is 0 Å². The summed E-state index contributed by atoms with van der Waals surface area (Å²) in [6, 6.07) is 12.4. The number of rotatable bonds is 5. The van der Waals surface area contributed by atoms with Crippen molar-refractivity contribution in [3.63, 3.8) is 0 Å². The van der Waals surface area contributed by atoms with Gasteiger partial charge in [0.2, 0.25) is 0 Å². The van der Waals surface area contributed by atoms with Crippen LogP contribution in [0.4, 0.5) is 5.82 Å². The predicted octanol–water partition coefficient (Wildman–Crippen LogP) is 3.60. The summed E-state index contributed by atoms with van der Waals surface area (Å²) in [5, 5.41) is 3.33. The van der Waals surface area contributed by atoms with Crippen molar-refractivity contribution in [1.82, 2.24) is 24.3 Å². The molecule has 0 saturated heterocycles. The molecule has 1 N–H and O–H groups in total. The minimum Gasteiger partial charge on any atom is -0.365 e. The van der Waals surface area contributed by atoms with E-state index in [9.17, 15) is 0 Å². The number of benzene rings is 1. The molecule has 6 heteroatoms. The SMILES string of the molecule is CC(C)Nc1nccn2c(-c3ccnc(Cc4ccccc4)n3)cnc12. The summed E-state index contributed by atoms with van der Waals surface area (Å²) in [5.41, 5.74) is 3.75. The number of hydrogen-bond acceptors (Lipinski definition) is 5. The quantitative estimate of drug-likeness (QED) is 0.599. The van der Waals surface area contributed by atoms with Gasteiger partial charge in [0.05, 0.1) is 17.6 Å². The fourth-order valence-electron chi connectivity index (χ4n) is 2.89. The summed E-state index contributed by atoms with van der Waals surface area (Å²) >= 11 is 0. The Morgan fingerprint density at radius 1 is 1.00 bits per heavy atom. The maximum atomic E-state index is 4.74. The number of nitrogens with zero attached hydrogens (tertiary/aromatic N) is 5. The molecule has 6 nitrogen and oxygen atoms in total. The molecule has 0 saturated carbocycles. The molecular formula is C20H20N6. The average molecular weight is 344 g/mol. The topological polar surface area (TPSA) is 68.0 Å². The zero-order valence-electron chi connectivity index (χ0n) is 14.8. The second-order valence-electron chi connectivity index (χ2n) is 6.43. The summed E-state index contributed by atoms with van der Waals surface area (Å²) in [5.74, 6) is 1.56. The van der Waals surface area contributed by atoms with Gasteiger partial charge in [-0.05, 0) is 25.5 Å². The monoisotopic (exact) mass is 344 g/mol. The highest BCUT2D eigenvalue weighted by Gasteiger charge is 2.12. The second kappa shape index (κ2) is 6.92. The minimum atomic E-state index is 0.283. The lowest BCUT2D eigenvalue weighted by Crippen LogP contribution is -2.12. The van der Waals surface area contributed by atoms with Gasteiger partial charge in [0.25, 0.3) is 0 Å². The van der Waals surface area contributed by atoms with E-state index in [0.29, 0.717) is 6.42 Å². The Morgan fingerprint density at radius 3 is 2.65 bits per heavy atom. The lowest BCUT2D eigenvalue weighted by atomic mass is 10.1. The Morgan fingerprint density at radius 2 is 1.85 bits per heavy atom. The van der Waals surface area contributed by atoms with Crippen LogP contribution in [0.5, 0.6) is 0 Å². The van der Waals surface area contributed by atoms with Gasteiger partial charge in [-0.1, -0.05) is 30.3 Å². The molecule has 0 radical (unpaired) electrons. The van der Waals surface area contributed by atoms with Crippen molar-refractivity contribution < 1.29 is 0 Å². The summed E-state index contributed by atoms with van der Waals surface area (Å²) in [4.78, 5) is 18.1. The van der Waals surface area contributed by atoms with Crippen molar-refractivity contribution in [2.45, 2.75) is 26.3 Å². The highest BCUT2D eigenvalue weighted by atomic mass is 15.1. The number of hydrogen-bond donors (Lipinski definition) is 1. The molecule has 4 aromatic rings. The minimum absolute atomic E-state index is 0.283. The van der Waals surface area contributed by atoms with Crippen LogP contribution in [0.1, 0.15) is 25.2 Å². The number of fused-ring (bicyclic) bond motifs is 1. The van der Waals surface area contributed by atoms with Crippen LogP contribution < -0.4 is 5.32 Å². The third kappa shape index (κ3) is 3.26. The van der Waals surface area contributed by atoms with Crippen LogP contribution in [0.15, 0.2) is 61.2 Å². The molecule has 0 aliphatic carbocycles.